The molecule has 2 heterocycles. The average Bonchev–Trinajstić information content (AvgIpc) is 2.72. The molecule has 2 fully saturated rings. The number of aryl methyl sites for hydroxylation is 2. The first-order chi connectivity index (χ1) is 13.9. The van der Waals surface area contributed by atoms with Gasteiger partial charge in [0.05, 0.1) is 0 Å². The zero-order valence-corrected chi connectivity index (χ0v) is 17.8. The van der Waals surface area contributed by atoms with Crippen LogP contribution in [0, 0.1) is 12.8 Å². The van der Waals surface area contributed by atoms with E-state index in [0.29, 0.717) is 25.4 Å². The number of likely N-dealkylation sites (N-methyl/N-ethyl adjacent to an activating group) is 1. The van der Waals surface area contributed by atoms with Crippen LogP contribution in [0.5, 0.6) is 0 Å². The van der Waals surface area contributed by atoms with Gasteiger partial charge in [-0.15, -0.1) is 0 Å². The van der Waals surface area contributed by atoms with Gasteiger partial charge in [0, 0.05) is 58.2 Å². The van der Waals surface area contributed by atoms with E-state index in [1.807, 2.05) is 17.0 Å². The fourth-order valence-electron chi connectivity index (χ4n) is 4.76. The van der Waals surface area contributed by atoms with Gasteiger partial charge in [-0.3, -0.25) is 14.5 Å². The molecule has 2 aliphatic rings. The van der Waals surface area contributed by atoms with Gasteiger partial charge in [-0.2, -0.15) is 0 Å². The van der Waals surface area contributed by atoms with Crippen LogP contribution in [-0.4, -0.2) is 84.0 Å². The second-order valence-electron chi connectivity index (χ2n) is 8.65. The maximum atomic E-state index is 12.9. The summed E-state index contributed by atoms with van der Waals surface area (Å²) in [6.45, 7) is 7.74. The summed E-state index contributed by atoms with van der Waals surface area (Å²) < 4.78 is 0. The molecule has 1 aromatic carbocycles. The lowest BCUT2D eigenvalue weighted by molar-refractivity contribution is -0.138. The molecule has 0 aliphatic carbocycles. The zero-order valence-electron chi connectivity index (χ0n) is 17.8. The highest BCUT2D eigenvalue weighted by Gasteiger charge is 2.35. The fraction of sp³-hybridized carbons (Fsp3) is 0.652. The number of amides is 1. The number of piperidine rings is 1. The van der Waals surface area contributed by atoms with Crippen molar-refractivity contribution in [1.82, 2.24) is 14.7 Å². The molecule has 29 heavy (non-hydrogen) atoms. The first-order valence-electron chi connectivity index (χ1n) is 10.9. The molecule has 1 N–H and O–H groups in total. The van der Waals surface area contributed by atoms with Gasteiger partial charge >= 0.3 is 5.97 Å². The summed E-state index contributed by atoms with van der Waals surface area (Å²) in [5.41, 5.74) is 2.46. The van der Waals surface area contributed by atoms with E-state index in [4.69, 9.17) is 0 Å². The first-order valence-corrected chi connectivity index (χ1v) is 10.9. The Morgan fingerprint density at radius 3 is 2.48 bits per heavy atom. The van der Waals surface area contributed by atoms with Crippen molar-refractivity contribution in [3.63, 3.8) is 0 Å². The number of benzene rings is 1. The maximum absolute atomic E-state index is 12.9. The molecular formula is C23H35N3O3. The molecule has 2 saturated heterocycles. The van der Waals surface area contributed by atoms with E-state index in [2.05, 4.69) is 35.9 Å². The number of carboxylic acid groups (broad SMARTS) is 1. The zero-order chi connectivity index (χ0) is 20.8. The van der Waals surface area contributed by atoms with Crippen LogP contribution >= 0.6 is 0 Å². The third kappa shape index (κ3) is 6.03. The van der Waals surface area contributed by atoms with Gasteiger partial charge in [0.15, 0.2) is 0 Å². The molecule has 6 heteroatoms. The summed E-state index contributed by atoms with van der Waals surface area (Å²) in [6.07, 6.45) is 3.07. The molecule has 1 aromatic rings. The Hall–Kier alpha value is -1.92. The van der Waals surface area contributed by atoms with Gasteiger partial charge in [-0.05, 0) is 50.3 Å². The van der Waals surface area contributed by atoms with Crippen molar-refractivity contribution in [1.29, 1.82) is 0 Å². The monoisotopic (exact) mass is 401 g/mol. The number of carboxylic acids is 1. The van der Waals surface area contributed by atoms with Crippen LogP contribution in [0.3, 0.4) is 0 Å². The summed E-state index contributed by atoms with van der Waals surface area (Å²) in [5.74, 6) is -0.304. The van der Waals surface area contributed by atoms with Crippen molar-refractivity contribution in [2.75, 3.05) is 46.3 Å². The van der Waals surface area contributed by atoms with Crippen LogP contribution in [0.1, 0.15) is 36.8 Å². The van der Waals surface area contributed by atoms with Gasteiger partial charge in [0.25, 0.3) is 0 Å². The highest BCUT2D eigenvalue weighted by atomic mass is 16.4. The van der Waals surface area contributed by atoms with Crippen molar-refractivity contribution in [2.24, 2.45) is 5.92 Å². The lowest BCUT2D eigenvalue weighted by atomic mass is 9.86. The minimum atomic E-state index is -0.745. The molecule has 0 saturated carbocycles. The minimum Gasteiger partial charge on any atom is -0.481 e. The summed E-state index contributed by atoms with van der Waals surface area (Å²) in [7, 11) is 2.15. The molecule has 0 bridgehead atoms. The molecule has 2 unspecified atom stereocenters. The highest BCUT2D eigenvalue weighted by Crippen LogP contribution is 2.28. The fourth-order valence-corrected chi connectivity index (χ4v) is 4.76. The largest absolute Gasteiger partial charge is 0.481 e. The van der Waals surface area contributed by atoms with Crippen LogP contribution in [0.15, 0.2) is 24.3 Å². The standard InChI is InChI=1S/C23H35N3O3/c1-18-5-3-4-6-19(18)7-9-22(27)26-12-11-21(20(17-26)8-10-23(28)29)25-15-13-24(2)14-16-25/h3-6,20-21H,7-17H2,1-2H3,(H,28,29). The van der Waals surface area contributed by atoms with Gasteiger partial charge in [0.2, 0.25) is 5.91 Å². The van der Waals surface area contributed by atoms with Crippen LogP contribution in [-0.2, 0) is 16.0 Å². The molecule has 160 valence electrons. The van der Waals surface area contributed by atoms with Crippen molar-refractivity contribution < 1.29 is 14.7 Å². The van der Waals surface area contributed by atoms with Crippen molar-refractivity contribution in [3.05, 3.63) is 35.4 Å². The summed E-state index contributed by atoms with van der Waals surface area (Å²) in [5, 5.41) is 9.19. The molecule has 1 amide bonds. The van der Waals surface area contributed by atoms with Crippen LogP contribution < -0.4 is 0 Å². The van der Waals surface area contributed by atoms with Crippen LogP contribution in [0.25, 0.3) is 0 Å². The smallest absolute Gasteiger partial charge is 0.303 e. The Kier molecular flexibility index (Phi) is 7.67. The third-order valence-electron chi connectivity index (χ3n) is 6.65. The predicted octanol–water partition coefficient (Wildman–Crippen LogP) is 2.26. The SMILES string of the molecule is Cc1ccccc1CCC(=O)N1CCC(N2CCN(C)CC2)C(CCC(=O)O)C1. The normalized spacial score (nSPS) is 23.9. The number of nitrogens with zero attached hydrogens (tertiary/aromatic N) is 3. The van der Waals surface area contributed by atoms with Gasteiger partial charge < -0.3 is 14.9 Å². The Bertz CT molecular complexity index is 700. The molecule has 6 nitrogen and oxygen atoms in total. The van der Waals surface area contributed by atoms with E-state index in [-0.39, 0.29) is 18.2 Å². The van der Waals surface area contributed by atoms with Gasteiger partial charge in [-0.1, -0.05) is 24.3 Å². The van der Waals surface area contributed by atoms with E-state index in [1.165, 1.54) is 11.1 Å². The number of likely N-dealkylation sites (tertiary alicyclic amines) is 1. The first kappa shape index (κ1) is 21.8. The number of carbonyl (C=O) groups excluding carboxylic acids is 1. The minimum absolute atomic E-state index is 0.181. The van der Waals surface area contributed by atoms with E-state index in [1.54, 1.807) is 0 Å². The number of rotatable bonds is 7. The lowest BCUT2D eigenvalue weighted by Gasteiger charge is -2.46. The van der Waals surface area contributed by atoms with Gasteiger partial charge in [0.1, 0.15) is 0 Å². The topological polar surface area (TPSA) is 64.1 Å². The van der Waals surface area contributed by atoms with E-state index in [9.17, 15) is 14.7 Å². The molecule has 0 spiro atoms. The third-order valence-corrected chi connectivity index (χ3v) is 6.65. The Balaban J connectivity index is 1.59. The molecule has 0 radical (unpaired) electrons. The molecule has 2 atom stereocenters. The predicted molar refractivity (Wildman–Crippen MR) is 114 cm³/mol. The van der Waals surface area contributed by atoms with E-state index < -0.39 is 5.97 Å². The van der Waals surface area contributed by atoms with Gasteiger partial charge in [-0.25, -0.2) is 0 Å². The summed E-state index contributed by atoms with van der Waals surface area (Å²) in [6, 6.07) is 8.62. The number of hydrogen-bond donors (Lipinski definition) is 1. The second-order valence-corrected chi connectivity index (χ2v) is 8.65. The quantitative estimate of drug-likeness (QED) is 0.759. The number of piperazine rings is 1. The van der Waals surface area contributed by atoms with Crippen molar-refractivity contribution >= 4 is 11.9 Å². The Morgan fingerprint density at radius 1 is 1.07 bits per heavy atom. The maximum Gasteiger partial charge on any atom is 0.303 e. The Labute approximate surface area is 174 Å². The number of hydrogen-bond acceptors (Lipinski definition) is 4. The average molecular weight is 402 g/mol. The Morgan fingerprint density at radius 2 is 1.79 bits per heavy atom. The highest BCUT2D eigenvalue weighted by molar-refractivity contribution is 5.76. The molecular weight excluding hydrogens is 366 g/mol. The molecule has 3 rings (SSSR count). The summed E-state index contributed by atoms with van der Waals surface area (Å²) in [4.78, 5) is 30.9. The van der Waals surface area contributed by atoms with Crippen LogP contribution in [0.4, 0.5) is 0 Å². The number of carbonyl (C=O) groups is 2. The van der Waals surface area contributed by atoms with E-state index >= 15 is 0 Å². The van der Waals surface area contributed by atoms with Crippen LogP contribution in [0.2, 0.25) is 0 Å². The summed E-state index contributed by atoms with van der Waals surface area (Å²) >= 11 is 0. The molecule has 0 aromatic heterocycles. The lowest BCUT2D eigenvalue weighted by Crippen LogP contribution is -2.57. The number of aliphatic carboxylic acids is 1. The van der Waals surface area contributed by atoms with Crippen molar-refractivity contribution in [3.8, 4) is 0 Å². The second kappa shape index (κ2) is 10.2. The van der Waals surface area contributed by atoms with Crippen molar-refractivity contribution in [2.45, 2.75) is 45.1 Å². The molecule has 2 aliphatic heterocycles. The van der Waals surface area contributed by atoms with E-state index in [0.717, 1.165) is 45.6 Å².